The number of nitrogens with zero attached hydrogens (tertiary/aromatic N) is 1. The summed E-state index contributed by atoms with van der Waals surface area (Å²) in [6.07, 6.45) is -0.0559. The third-order valence-corrected chi connectivity index (χ3v) is 3.71. The van der Waals surface area contributed by atoms with Gasteiger partial charge in [0.1, 0.15) is 11.1 Å². The molecule has 0 saturated carbocycles. The van der Waals surface area contributed by atoms with Crippen LogP contribution in [-0.4, -0.2) is 30.7 Å². The summed E-state index contributed by atoms with van der Waals surface area (Å²) in [7, 11) is 0. The molecule has 0 aromatic carbocycles. The maximum Gasteiger partial charge on any atom is 0.336 e. The number of anilines is 1. The smallest absolute Gasteiger partial charge is 0.336 e. The number of amides is 1. The first kappa shape index (κ1) is 14.5. The number of nitriles is 1. The van der Waals surface area contributed by atoms with Gasteiger partial charge < -0.3 is 14.8 Å². The zero-order chi connectivity index (χ0) is 14.5. The number of hydrogen-bond acceptors (Lipinski definition) is 6. The van der Waals surface area contributed by atoms with Crippen molar-refractivity contribution in [3.05, 3.63) is 17.0 Å². The molecule has 7 heteroatoms. The van der Waals surface area contributed by atoms with E-state index in [1.54, 1.807) is 11.4 Å². The van der Waals surface area contributed by atoms with Crippen LogP contribution in [0.25, 0.3) is 0 Å². The topological polar surface area (TPSA) is 88.4 Å². The second-order valence-electron chi connectivity index (χ2n) is 4.35. The van der Waals surface area contributed by atoms with Crippen molar-refractivity contribution in [3.8, 4) is 6.07 Å². The Balaban J connectivity index is 1.89. The quantitative estimate of drug-likeness (QED) is 0.853. The molecule has 20 heavy (non-hydrogen) atoms. The Morgan fingerprint density at radius 3 is 3.10 bits per heavy atom. The van der Waals surface area contributed by atoms with Crippen molar-refractivity contribution in [2.45, 2.75) is 32.0 Å². The standard InChI is InChI=1S/C13H14N2O4S/c1-8(19-13(17)10-3-2-5-18-10)11(16)15-12-9(7-14)4-6-20-12/h4,6,8,10H,2-3,5H2,1H3,(H,15,16)/t8-,10-/m0/s1. The van der Waals surface area contributed by atoms with Crippen LogP contribution in [0.3, 0.4) is 0 Å². The van der Waals surface area contributed by atoms with Gasteiger partial charge >= 0.3 is 5.97 Å². The number of rotatable bonds is 4. The largest absolute Gasteiger partial charge is 0.451 e. The lowest BCUT2D eigenvalue weighted by Crippen LogP contribution is -2.33. The SMILES string of the molecule is C[C@H](OC(=O)[C@@H]1CCCO1)C(=O)Nc1sccc1C#N. The van der Waals surface area contributed by atoms with Crippen LogP contribution in [0.2, 0.25) is 0 Å². The molecule has 6 nitrogen and oxygen atoms in total. The predicted molar refractivity (Wildman–Crippen MR) is 72.2 cm³/mol. The molecular formula is C13H14N2O4S. The molecule has 0 aliphatic carbocycles. The first-order chi connectivity index (χ1) is 9.61. The number of ether oxygens (including phenoxy) is 2. The molecule has 1 saturated heterocycles. The fourth-order valence-corrected chi connectivity index (χ4v) is 2.52. The second kappa shape index (κ2) is 6.50. The molecular weight excluding hydrogens is 280 g/mol. The van der Waals surface area contributed by atoms with Gasteiger partial charge in [0, 0.05) is 6.61 Å². The van der Waals surface area contributed by atoms with Crippen LogP contribution in [0, 0.1) is 11.3 Å². The molecule has 1 aromatic heterocycles. The number of hydrogen-bond donors (Lipinski definition) is 1. The Kier molecular flexibility index (Phi) is 4.71. The van der Waals surface area contributed by atoms with Crippen molar-refractivity contribution in [2.75, 3.05) is 11.9 Å². The van der Waals surface area contributed by atoms with Gasteiger partial charge in [0.05, 0.1) is 5.56 Å². The van der Waals surface area contributed by atoms with Gasteiger partial charge in [-0.3, -0.25) is 4.79 Å². The molecule has 2 atom stereocenters. The molecule has 1 aliphatic rings. The molecule has 0 unspecified atom stereocenters. The van der Waals surface area contributed by atoms with E-state index < -0.39 is 24.1 Å². The average molecular weight is 294 g/mol. The number of carbonyl (C=O) groups is 2. The van der Waals surface area contributed by atoms with Gasteiger partial charge in [0.25, 0.3) is 5.91 Å². The van der Waals surface area contributed by atoms with E-state index in [2.05, 4.69) is 5.32 Å². The fourth-order valence-electron chi connectivity index (χ4n) is 1.77. The van der Waals surface area contributed by atoms with E-state index in [4.69, 9.17) is 14.7 Å². The van der Waals surface area contributed by atoms with Crippen molar-refractivity contribution in [1.82, 2.24) is 0 Å². The van der Waals surface area contributed by atoms with Crippen molar-refractivity contribution >= 4 is 28.2 Å². The summed E-state index contributed by atoms with van der Waals surface area (Å²) >= 11 is 1.24. The summed E-state index contributed by atoms with van der Waals surface area (Å²) in [5.74, 6) is -0.980. The van der Waals surface area contributed by atoms with Crippen LogP contribution >= 0.6 is 11.3 Å². The zero-order valence-corrected chi connectivity index (χ0v) is 11.7. The fraction of sp³-hybridized carbons (Fsp3) is 0.462. The third kappa shape index (κ3) is 3.35. The van der Waals surface area contributed by atoms with Crippen LogP contribution in [0.15, 0.2) is 11.4 Å². The summed E-state index contributed by atoms with van der Waals surface area (Å²) < 4.78 is 10.3. The Hall–Kier alpha value is -1.91. The molecule has 2 rings (SSSR count). The number of carbonyl (C=O) groups excluding carboxylic acids is 2. The second-order valence-corrected chi connectivity index (χ2v) is 5.26. The van der Waals surface area contributed by atoms with Gasteiger partial charge in [-0.15, -0.1) is 11.3 Å². The minimum Gasteiger partial charge on any atom is -0.451 e. The van der Waals surface area contributed by atoms with Crippen LogP contribution in [-0.2, 0) is 19.1 Å². The zero-order valence-electron chi connectivity index (χ0n) is 10.9. The highest BCUT2D eigenvalue weighted by atomic mass is 32.1. The Labute approximate surface area is 120 Å². The predicted octanol–water partition coefficient (Wildman–Crippen LogP) is 1.67. The minimum absolute atomic E-state index is 0.390. The molecule has 106 valence electrons. The lowest BCUT2D eigenvalue weighted by atomic mass is 10.2. The van der Waals surface area contributed by atoms with E-state index in [9.17, 15) is 9.59 Å². The van der Waals surface area contributed by atoms with Crippen molar-refractivity contribution in [1.29, 1.82) is 5.26 Å². The molecule has 1 amide bonds. The lowest BCUT2D eigenvalue weighted by molar-refractivity contribution is -0.162. The summed E-state index contributed by atoms with van der Waals surface area (Å²) in [5, 5.41) is 13.6. The first-order valence-electron chi connectivity index (χ1n) is 6.22. The highest BCUT2D eigenvalue weighted by Gasteiger charge is 2.28. The van der Waals surface area contributed by atoms with Crippen molar-refractivity contribution < 1.29 is 19.1 Å². The average Bonchev–Trinajstić information content (AvgIpc) is 3.09. The highest BCUT2D eigenvalue weighted by Crippen LogP contribution is 2.22. The maximum absolute atomic E-state index is 11.9. The maximum atomic E-state index is 11.9. The third-order valence-electron chi connectivity index (χ3n) is 2.88. The van der Waals surface area contributed by atoms with Crippen LogP contribution < -0.4 is 5.32 Å². The van der Waals surface area contributed by atoms with Gasteiger partial charge in [0.15, 0.2) is 12.2 Å². The van der Waals surface area contributed by atoms with E-state index in [1.165, 1.54) is 18.3 Å². The number of esters is 1. The van der Waals surface area contributed by atoms with Crippen molar-refractivity contribution in [3.63, 3.8) is 0 Å². The van der Waals surface area contributed by atoms with Crippen LogP contribution in [0.4, 0.5) is 5.00 Å². The monoisotopic (exact) mass is 294 g/mol. The summed E-state index contributed by atoms with van der Waals surface area (Å²) in [4.78, 5) is 23.6. The van der Waals surface area contributed by atoms with E-state index in [1.807, 2.05) is 6.07 Å². The molecule has 0 bridgehead atoms. The number of nitrogens with one attached hydrogen (secondary N) is 1. The number of thiophene rings is 1. The van der Waals surface area contributed by atoms with Gasteiger partial charge in [-0.05, 0) is 31.2 Å². The summed E-state index contributed by atoms with van der Waals surface area (Å²) in [6, 6.07) is 3.59. The van der Waals surface area contributed by atoms with Gasteiger partial charge in [-0.1, -0.05) is 0 Å². The molecule has 1 fully saturated rings. The van der Waals surface area contributed by atoms with E-state index in [0.29, 0.717) is 23.6 Å². The summed E-state index contributed by atoms with van der Waals surface area (Å²) in [6.45, 7) is 2.03. The van der Waals surface area contributed by atoms with Crippen LogP contribution in [0.5, 0.6) is 0 Å². The minimum atomic E-state index is -0.930. The molecule has 1 aliphatic heterocycles. The first-order valence-corrected chi connectivity index (χ1v) is 7.10. The Morgan fingerprint density at radius 1 is 1.65 bits per heavy atom. The van der Waals surface area contributed by atoms with E-state index >= 15 is 0 Å². The normalized spacial score (nSPS) is 19.1. The lowest BCUT2D eigenvalue weighted by Gasteiger charge is -2.15. The van der Waals surface area contributed by atoms with Crippen molar-refractivity contribution in [2.24, 2.45) is 0 Å². The highest BCUT2D eigenvalue weighted by molar-refractivity contribution is 7.14. The Bertz CT molecular complexity index is 543. The molecule has 1 aromatic rings. The van der Waals surface area contributed by atoms with E-state index in [-0.39, 0.29) is 0 Å². The molecule has 0 spiro atoms. The molecule has 2 heterocycles. The Morgan fingerprint density at radius 2 is 2.45 bits per heavy atom. The molecule has 0 radical (unpaired) electrons. The van der Waals surface area contributed by atoms with Gasteiger partial charge in [0.2, 0.25) is 0 Å². The van der Waals surface area contributed by atoms with Crippen LogP contribution in [0.1, 0.15) is 25.3 Å². The van der Waals surface area contributed by atoms with E-state index in [0.717, 1.165) is 6.42 Å². The summed E-state index contributed by atoms with van der Waals surface area (Å²) in [5.41, 5.74) is 0.390. The molecule has 1 N–H and O–H groups in total. The van der Waals surface area contributed by atoms with Gasteiger partial charge in [-0.25, -0.2) is 4.79 Å². The van der Waals surface area contributed by atoms with Gasteiger partial charge in [-0.2, -0.15) is 5.26 Å².